The minimum Gasteiger partial charge on any atom is -0.203 e. The maximum absolute atomic E-state index is 15.1. The first-order valence-corrected chi connectivity index (χ1v) is 12.2. The van der Waals surface area contributed by atoms with Gasteiger partial charge in [-0.1, -0.05) is 38.0 Å². The number of allylic oxidation sites excluding steroid dienone is 2. The summed E-state index contributed by atoms with van der Waals surface area (Å²) in [4.78, 5) is 0. The highest BCUT2D eigenvalue weighted by molar-refractivity contribution is 5.38. The van der Waals surface area contributed by atoms with E-state index in [1.807, 2.05) is 0 Å². The van der Waals surface area contributed by atoms with E-state index in [1.165, 1.54) is 38.5 Å². The van der Waals surface area contributed by atoms with Gasteiger partial charge in [-0.3, -0.25) is 0 Å². The molecule has 0 radical (unpaired) electrons. The number of aryl methyl sites for hydroxylation is 1. The summed E-state index contributed by atoms with van der Waals surface area (Å²) >= 11 is 0. The highest BCUT2D eigenvalue weighted by atomic mass is 19.2. The average Bonchev–Trinajstić information content (AvgIpc) is 2.76. The minimum absolute atomic E-state index is 0.222. The molecule has 4 rings (SSSR count). The lowest BCUT2D eigenvalue weighted by Gasteiger charge is -2.42. The molecule has 0 heterocycles. The van der Waals surface area contributed by atoms with Crippen molar-refractivity contribution in [3.05, 3.63) is 46.5 Å². The highest BCUT2D eigenvalue weighted by Crippen LogP contribution is 2.49. The van der Waals surface area contributed by atoms with E-state index < -0.39 is 11.6 Å². The second kappa shape index (κ2) is 9.31. The third-order valence-electron chi connectivity index (χ3n) is 8.46. The van der Waals surface area contributed by atoms with Gasteiger partial charge in [0.05, 0.1) is 0 Å². The first kappa shape index (κ1) is 21.1. The van der Waals surface area contributed by atoms with Gasteiger partial charge in [0.25, 0.3) is 0 Å². The largest absolute Gasteiger partial charge is 0.203 e. The van der Waals surface area contributed by atoms with Gasteiger partial charge in [0.15, 0.2) is 11.6 Å². The molecule has 3 aliphatic rings. The van der Waals surface area contributed by atoms with Gasteiger partial charge in [-0.25, -0.2) is 8.78 Å². The quantitative estimate of drug-likeness (QED) is 0.438. The van der Waals surface area contributed by atoms with E-state index >= 15 is 4.39 Å². The molecule has 0 bridgehead atoms. The summed E-state index contributed by atoms with van der Waals surface area (Å²) in [6, 6.07) is 2.06. The molecular weight excluding hydrogens is 362 g/mol. The standard InChI is InChI=1S/C27H38F2/c1-3-5-6-7-19-9-10-21-16-22(13-12-20(21)14-19)25-17-23-11-8-18(4-2)15-24(23)26(28)27(25)29/h3,5,17-22H,4,6-16H2,1-2H3/b5-3+. The fraction of sp³-hybridized carbons (Fsp3) is 0.704. The Kier molecular flexibility index (Phi) is 6.76. The minimum atomic E-state index is -0.524. The van der Waals surface area contributed by atoms with Crippen molar-refractivity contribution < 1.29 is 8.78 Å². The lowest BCUT2D eigenvalue weighted by atomic mass is 9.63. The lowest BCUT2D eigenvalue weighted by molar-refractivity contribution is 0.114. The predicted molar refractivity (Wildman–Crippen MR) is 117 cm³/mol. The molecule has 0 aromatic heterocycles. The van der Waals surface area contributed by atoms with Crippen molar-refractivity contribution in [2.24, 2.45) is 23.7 Å². The number of fused-ring (bicyclic) bond motifs is 2. The van der Waals surface area contributed by atoms with Gasteiger partial charge in [0, 0.05) is 0 Å². The van der Waals surface area contributed by atoms with E-state index in [-0.39, 0.29) is 5.92 Å². The SMILES string of the molecule is C/C=C/CCC1CCC2CC(c3cc4c(c(F)c3F)CC(CC)CC4)CCC2C1. The monoisotopic (exact) mass is 400 g/mol. The summed E-state index contributed by atoms with van der Waals surface area (Å²) in [5, 5.41) is 0. The van der Waals surface area contributed by atoms with E-state index in [4.69, 9.17) is 0 Å². The van der Waals surface area contributed by atoms with E-state index in [0.29, 0.717) is 17.0 Å². The Labute approximate surface area is 176 Å². The van der Waals surface area contributed by atoms with Gasteiger partial charge in [0.1, 0.15) is 0 Å². The van der Waals surface area contributed by atoms with Crippen molar-refractivity contribution in [1.82, 2.24) is 0 Å². The van der Waals surface area contributed by atoms with Crippen LogP contribution in [0.1, 0.15) is 101 Å². The Morgan fingerprint density at radius 2 is 1.76 bits per heavy atom. The number of halogens is 2. The lowest BCUT2D eigenvalue weighted by Crippen LogP contribution is -2.31. The first-order valence-electron chi connectivity index (χ1n) is 12.2. The van der Waals surface area contributed by atoms with Gasteiger partial charge < -0.3 is 0 Å². The molecule has 0 aliphatic heterocycles. The number of hydrogen-bond donors (Lipinski definition) is 0. The van der Waals surface area contributed by atoms with Gasteiger partial charge in [-0.15, -0.1) is 0 Å². The molecule has 0 amide bonds. The summed E-state index contributed by atoms with van der Waals surface area (Å²) in [7, 11) is 0. The van der Waals surface area contributed by atoms with Crippen LogP contribution in [0.4, 0.5) is 8.78 Å². The third-order valence-corrected chi connectivity index (χ3v) is 8.46. The van der Waals surface area contributed by atoms with Gasteiger partial charge in [0.2, 0.25) is 0 Å². The topological polar surface area (TPSA) is 0 Å². The molecule has 3 aliphatic carbocycles. The van der Waals surface area contributed by atoms with Crippen molar-refractivity contribution >= 4 is 0 Å². The number of hydrogen-bond acceptors (Lipinski definition) is 0. The van der Waals surface area contributed by atoms with Crippen molar-refractivity contribution in [3.8, 4) is 0 Å². The molecule has 0 saturated heterocycles. The fourth-order valence-electron chi connectivity index (χ4n) is 6.61. The molecule has 1 aromatic rings. The number of rotatable bonds is 5. The summed E-state index contributed by atoms with van der Waals surface area (Å²) in [5.41, 5.74) is 2.47. The molecule has 0 nitrogen and oxygen atoms in total. The first-order chi connectivity index (χ1) is 14.1. The highest BCUT2D eigenvalue weighted by Gasteiger charge is 2.37. The molecule has 2 heteroatoms. The predicted octanol–water partition coefficient (Wildman–Crippen LogP) is 8.14. The Bertz CT molecular complexity index is 735. The smallest absolute Gasteiger partial charge is 0.162 e. The van der Waals surface area contributed by atoms with Gasteiger partial charge in [-0.2, -0.15) is 0 Å². The summed E-state index contributed by atoms with van der Waals surface area (Å²) in [6.45, 7) is 4.26. The van der Waals surface area contributed by atoms with Crippen LogP contribution in [0.5, 0.6) is 0 Å². The average molecular weight is 401 g/mol. The molecule has 0 N–H and O–H groups in total. The Morgan fingerprint density at radius 1 is 0.966 bits per heavy atom. The van der Waals surface area contributed by atoms with Crippen molar-refractivity contribution in [1.29, 1.82) is 0 Å². The van der Waals surface area contributed by atoms with Crippen LogP contribution in [-0.2, 0) is 12.8 Å². The molecule has 2 fully saturated rings. The van der Waals surface area contributed by atoms with Crippen LogP contribution in [0.15, 0.2) is 18.2 Å². The van der Waals surface area contributed by atoms with Crippen LogP contribution < -0.4 is 0 Å². The Balaban J connectivity index is 1.44. The maximum Gasteiger partial charge on any atom is 0.162 e. The van der Waals surface area contributed by atoms with Crippen molar-refractivity contribution in [3.63, 3.8) is 0 Å². The maximum atomic E-state index is 15.1. The van der Waals surface area contributed by atoms with E-state index in [2.05, 4.69) is 32.1 Å². The van der Waals surface area contributed by atoms with Crippen LogP contribution in [0.25, 0.3) is 0 Å². The molecule has 5 atom stereocenters. The fourth-order valence-corrected chi connectivity index (χ4v) is 6.61. The molecular formula is C27H38F2. The van der Waals surface area contributed by atoms with Crippen molar-refractivity contribution in [2.75, 3.05) is 0 Å². The molecule has 2 saturated carbocycles. The summed E-state index contributed by atoms with van der Waals surface area (Å²) in [5.74, 6) is 2.09. The van der Waals surface area contributed by atoms with Crippen LogP contribution in [-0.4, -0.2) is 0 Å². The number of benzene rings is 1. The molecule has 0 spiro atoms. The van der Waals surface area contributed by atoms with Crippen LogP contribution in [0.3, 0.4) is 0 Å². The molecule has 29 heavy (non-hydrogen) atoms. The van der Waals surface area contributed by atoms with Gasteiger partial charge >= 0.3 is 0 Å². The second-order valence-electron chi connectivity index (χ2n) is 10.1. The Morgan fingerprint density at radius 3 is 2.55 bits per heavy atom. The van der Waals surface area contributed by atoms with E-state index in [0.717, 1.165) is 61.8 Å². The molecule has 5 unspecified atom stereocenters. The zero-order valence-electron chi connectivity index (χ0n) is 18.4. The molecule has 1 aromatic carbocycles. The summed E-state index contributed by atoms with van der Waals surface area (Å²) in [6.07, 6.45) is 18.1. The van der Waals surface area contributed by atoms with E-state index in [1.54, 1.807) is 0 Å². The second-order valence-corrected chi connectivity index (χ2v) is 10.1. The zero-order chi connectivity index (χ0) is 20.4. The van der Waals surface area contributed by atoms with Crippen LogP contribution >= 0.6 is 0 Å². The van der Waals surface area contributed by atoms with Crippen molar-refractivity contribution in [2.45, 2.75) is 96.8 Å². The van der Waals surface area contributed by atoms with Crippen LogP contribution in [0.2, 0.25) is 0 Å². The normalized spacial score (nSPS) is 32.2. The van der Waals surface area contributed by atoms with Crippen LogP contribution in [0, 0.1) is 35.3 Å². The van der Waals surface area contributed by atoms with E-state index in [9.17, 15) is 4.39 Å². The zero-order valence-corrected chi connectivity index (χ0v) is 18.4. The third kappa shape index (κ3) is 4.47. The Hall–Kier alpha value is -1.18. The van der Waals surface area contributed by atoms with Gasteiger partial charge in [-0.05, 0) is 117 Å². The molecule has 160 valence electrons. The summed E-state index contributed by atoms with van der Waals surface area (Å²) < 4.78 is 30.0.